The Kier molecular flexibility index (Phi) is 2.58. The minimum atomic E-state index is -0.396. The van der Waals surface area contributed by atoms with Crippen LogP contribution < -0.4 is 4.84 Å². The van der Waals surface area contributed by atoms with Gasteiger partial charge in [0.2, 0.25) is 6.61 Å². The van der Waals surface area contributed by atoms with Gasteiger partial charge in [0.1, 0.15) is 0 Å². The van der Waals surface area contributed by atoms with Crippen molar-refractivity contribution in [2.45, 2.75) is 0 Å². The fourth-order valence-electron chi connectivity index (χ4n) is 1.35. The first-order valence-electron chi connectivity index (χ1n) is 4.57. The van der Waals surface area contributed by atoms with Gasteiger partial charge in [0.05, 0.1) is 12.6 Å². The first-order valence-corrected chi connectivity index (χ1v) is 4.57. The van der Waals surface area contributed by atoms with Gasteiger partial charge in [0.25, 0.3) is 0 Å². The molecule has 0 aliphatic rings. The molecule has 0 N–H and O–H groups in total. The van der Waals surface area contributed by atoms with E-state index in [0.717, 1.165) is 10.9 Å². The Morgan fingerprint density at radius 2 is 2.13 bits per heavy atom. The van der Waals surface area contributed by atoms with Crippen LogP contribution in [0.2, 0.25) is 0 Å². The second-order valence-electron chi connectivity index (χ2n) is 3.05. The number of benzene rings is 1. The summed E-state index contributed by atoms with van der Waals surface area (Å²) in [7, 11) is 1.33. The summed E-state index contributed by atoms with van der Waals surface area (Å²) in [6.07, 6.45) is 1.77. The highest BCUT2D eigenvalue weighted by molar-refractivity contribution is 5.79. The summed E-state index contributed by atoms with van der Waals surface area (Å²) >= 11 is 0. The maximum Gasteiger partial charge on any atom is 0.346 e. The van der Waals surface area contributed by atoms with E-state index in [9.17, 15) is 4.79 Å². The van der Waals surface area contributed by atoms with E-state index in [-0.39, 0.29) is 6.61 Å². The van der Waals surface area contributed by atoms with Gasteiger partial charge in [-0.1, -0.05) is 18.2 Å². The standard InChI is InChI=1S/C11H11NO3/c1-14-11(13)8-15-12-7-6-9-4-2-3-5-10(9)12/h2-7H,8H2,1H3. The Hall–Kier alpha value is -1.97. The van der Waals surface area contributed by atoms with E-state index >= 15 is 0 Å². The molecule has 2 rings (SSSR count). The highest BCUT2D eigenvalue weighted by Crippen LogP contribution is 2.13. The topological polar surface area (TPSA) is 40.5 Å². The van der Waals surface area contributed by atoms with Crippen molar-refractivity contribution in [1.82, 2.24) is 4.73 Å². The van der Waals surface area contributed by atoms with Crippen LogP contribution in [0.4, 0.5) is 0 Å². The average Bonchev–Trinajstić information content (AvgIpc) is 2.69. The molecule has 0 aliphatic carbocycles. The van der Waals surface area contributed by atoms with E-state index in [1.54, 1.807) is 10.9 Å². The van der Waals surface area contributed by atoms with Crippen LogP contribution in [0, 0.1) is 0 Å². The van der Waals surface area contributed by atoms with Crippen LogP contribution in [0.5, 0.6) is 0 Å². The Morgan fingerprint density at radius 1 is 1.33 bits per heavy atom. The van der Waals surface area contributed by atoms with Crippen LogP contribution in [0.1, 0.15) is 0 Å². The third kappa shape index (κ3) is 1.93. The molecule has 4 nitrogen and oxygen atoms in total. The van der Waals surface area contributed by atoms with Gasteiger partial charge in [0, 0.05) is 11.6 Å². The lowest BCUT2D eigenvalue weighted by Crippen LogP contribution is -2.20. The lowest BCUT2D eigenvalue weighted by atomic mass is 10.3. The minimum Gasteiger partial charge on any atom is -0.466 e. The Balaban J connectivity index is 2.18. The first kappa shape index (κ1) is 9.58. The van der Waals surface area contributed by atoms with Crippen molar-refractivity contribution in [1.29, 1.82) is 0 Å². The summed E-state index contributed by atoms with van der Waals surface area (Å²) < 4.78 is 6.05. The van der Waals surface area contributed by atoms with Gasteiger partial charge in [-0.25, -0.2) is 4.79 Å². The van der Waals surface area contributed by atoms with Gasteiger partial charge in [-0.15, -0.1) is 0 Å². The summed E-state index contributed by atoms with van der Waals surface area (Å²) in [6, 6.07) is 9.69. The van der Waals surface area contributed by atoms with Gasteiger partial charge < -0.3 is 9.57 Å². The third-order valence-electron chi connectivity index (χ3n) is 2.11. The highest BCUT2D eigenvalue weighted by atomic mass is 16.7. The second-order valence-corrected chi connectivity index (χ2v) is 3.05. The quantitative estimate of drug-likeness (QED) is 0.708. The molecule has 1 aromatic heterocycles. The molecule has 0 fully saturated rings. The summed E-state index contributed by atoms with van der Waals surface area (Å²) in [5.74, 6) is -0.396. The van der Waals surface area contributed by atoms with Crippen LogP contribution >= 0.6 is 0 Å². The Bertz CT molecular complexity index is 475. The van der Waals surface area contributed by atoms with Crippen molar-refractivity contribution >= 4 is 16.9 Å². The van der Waals surface area contributed by atoms with Gasteiger partial charge in [-0.2, -0.15) is 4.73 Å². The van der Waals surface area contributed by atoms with Gasteiger partial charge in [0.15, 0.2) is 0 Å². The molecular formula is C11H11NO3. The maximum atomic E-state index is 10.9. The molecule has 0 unspecified atom stereocenters. The van der Waals surface area contributed by atoms with E-state index in [4.69, 9.17) is 4.84 Å². The molecule has 0 radical (unpaired) electrons. The van der Waals surface area contributed by atoms with E-state index < -0.39 is 5.97 Å². The monoisotopic (exact) mass is 205 g/mol. The zero-order valence-corrected chi connectivity index (χ0v) is 8.34. The zero-order valence-electron chi connectivity index (χ0n) is 8.34. The second kappa shape index (κ2) is 4.04. The fraction of sp³-hybridized carbons (Fsp3) is 0.182. The van der Waals surface area contributed by atoms with Crippen LogP contribution in [0.25, 0.3) is 10.9 Å². The van der Waals surface area contributed by atoms with Gasteiger partial charge in [-0.3, -0.25) is 0 Å². The van der Waals surface area contributed by atoms with Crippen molar-refractivity contribution in [3.63, 3.8) is 0 Å². The summed E-state index contributed by atoms with van der Waals surface area (Å²) in [5, 5.41) is 1.07. The number of hydrogen-bond donors (Lipinski definition) is 0. The Labute approximate surface area is 87.0 Å². The van der Waals surface area contributed by atoms with Crippen LogP contribution in [-0.2, 0) is 9.53 Å². The van der Waals surface area contributed by atoms with Crippen LogP contribution in [-0.4, -0.2) is 24.4 Å². The smallest absolute Gasteiger partial charge is 0.346 e. The average molecular weight is 205 g/mol. The first-order chi connectivity index (χ1) is 7.31. The molecule has 2 aromatic rings. The number of methoxy groups -OCH3 is 1. The van der Waals surface area contributed by atoms with Crippen molar-refractivity contribution in [2.24, 2.45) is 0 Å². The summed E-state index contributed by atoms with van der Waals surface area (Å²) in [4.78, 5) is 16.1. The fourth-order valence-corrected chi connectivity index (χ4v) is 1.35. The predicted octanol–water partition coefficient (Wildman–Crippen LogP) is 1.24. The molecule has 1 heterocycles. The number of hydrogen-bond acceptors (Lipinski definition) is 3. The van der Waals surface area contributed by atoms with E-state index in [0.29, 0.717) is 0 Å². The summed E-state index contributed by atoms with van der Waals surface area (Å²) in [6.45, 7) is -0.0881. The molecule has 78 valence electrons. The predicted molar refractivity (Wildman–Crippen MR) is 55.4 cm³/mol. The number of carbonyl (C=O) groups is 1. The number of aromatic nitrogens is 1. The number of fused-ring (bicyclic) bond motifs is 1. The molecular weight excluding hydrogens is 194 g/mol. The molecule has 0 saturated heterocycles. The molecule has 0 spiro atoms. The molecule has 0 amide bonds. The van der Waals surface area contributed by atoms with Gasteiger partial charge >= 0.3 is 5.97 Å². The van der Waals surface area contributed by atoms with Crippen molar-refractivity contribution < 1.29 is 14.4 Å². The largest absolute Gasteiger partial charge is 0.466 e. The summed E-state index contributed by atoms with van der Waals surface area (Å²) in [5.41, 5.74) is 0.932. The molecule has 0 bridgehead atoms. The lowest BCUT2D eigenvalue weighted by molar-refractivity contribution is -0.145. The van der Waals surface area contributed by atoms with E-state index in [1.807, 2.05) is 30.3 Å². The molecule has 0 atom stereocenters. The number of carbonyl (C=O) groups excluding carboxylic acids is 1. The van der Waals surface area contributed by atoms with Gasteiger partial charge in [-0.05, 0) is 12.1 Å². The maximum absolute atomic E-state index is 10.9. The zero-order chi connectivity index (χ0) is 10.7. The third-order valence-corrected chi connectivity index (χ3v) is 2.11. The van der Waals surface area contributed by atoms with Crippen LogP contribution in [0.3, 0.4) is 0 Å². The normalized spacial score (nSPS) is 10.2. The number of rotatable bonds is 3. The minimum absolute atomic E-state index is 0.0881. The Morgan fingerprint density at radius 3 is 2.93 bits per heavy atom. The highest BCUT2D eigenvalue weighted by Gasteiger charge is 2.03. The van der Waals surface area contributed by atoms with Crippen LogP contribution in [0.15, 0.2) is 36.5 Å². The van der Waals surface area contributed by atoms with Crippen molar-refractivity contribution in [3.8, 4) is 0 Å². The van der Waals surface area contributed by atoms with Crippen molar-refractivity contribution in [3.05, 3.63) is 36.5 Å². The van der Waals surface area contributed by atoms with E-state index in [2.05, 4.69) is 4.74 Å². The van der Waals surface area contributed by atoms with Crippen molar-refractivity contribution in [2.75, 3.05) is 13.7 Å². The molecule has 0 saturated carbocycles. The number of esters is 1. The number of ether oxygens (including phenoxy) is 1. The number of para-hydroxylation sites is 1. The molecule has 0 aliphatic heterocycles. The number of nitrogens with zero attached hydrogens (tertiary/aromatic N) is 1. The molecule has 15 heavy (non-hydrogen) atoms. The van der Waals surface area contributed by atoms with E-state index in [1.165, 1.54) is 7.11 Å². The SMILES string of the molecule is COC(=O)COn1ccc2ccccc21. The lowest BCUT2D eigenvalue weighted by Gasteiger charge is -2.06. The molecule has 1 aromatic carbocycles. The molecule has 4 heteroatoms.